The largest absolute Gasteiger partial charge is 0.319 e. The van der Waals surface area contributed by atoms with E-state index in [2.05, 4.69) is 12.4 Å². The molecule has 3 saturated carbocycles. The van der Waals surface area contributed by atoms with E-state index in [4.69, 9.17) is 0 Å². The van der Waals surface area contributed by atoms with Gasteiger partial charge in [0.25, 0.3) is 0 Å². The average molecular weight is 193 g/mol. The van der Waals surface area contributed by atoms with Gasteiger partial charge in [0, 0.05) is 0 Å². The summed E-state index contributed by atoms with van der Waals surface area (Å²) in [6.07, 6.45) is 10.9. The molecular formula is C13H23N. The van der Waals surface area contributed by atoms with Gasteiger partial charge in [-0.05, 0) is 68.9 Å². The molecule has 1 spiro atoms. The van der Waals surface area contributed by atoms with Gasteiger partial charge in [-0.2, -0.15) is 0 Å². The van der Waals surface area contributed by atoms with E-state index in [1.807, 2.05) is 0 Å². The topological polar surface area (TPSA) is 12.0 Å². The molecule has 1 nitrogen and oxygen atoms in total. The summed E-state index contributed by atoms with van der Waals surface area (Å²) in [4.78, 5) is 0. The van der Waals surface area contributed by atoms with E-state index in [0.717, 1.165) is 23.2 Å². The minimum Gasteiger partial charge on any atom is -0.319 e. The van der Waals surface area contributed by atoms with Crippen LogP contribution in [0.3, 0.4) is 0 Å². The van der Waals surface area contributed by atoms with Gasteiger partial charge in [0.2, 0.25) is 0 Å². The second kappa shape index (κ2) is 3.23. The standard InChI is InChI=1S/C13H23N/c1-14-9-12-8-13(12)6-2-3-11(7-13)10-4-5-10/h10-12,14H,2-9H2,1H3. The van der Waals surface area contributed by atoms with Crippen molar-refractivity contribution in [3.05, 3.63) is 0 Å². The van der Waals surface area contributed by atoms with E-state index < -0.39 is 0 Å². The zero-order valence-electron chi connectivity index (χ0n) is 9.39. The number of hydrogen-bond acceptors (Lipinski definition) is 1. The molecule has 0 radical (unpaired) electrons. The van der Waals surface area contributed by atoms with Crippen LogP contribution in [0.25, 0.3) is 0 Å². The monoisotopic (exact) mass is 193 g/mol. The van der Waals surface area contributed by atoms with Crippen LogP contribution in [0.5, 0.6) is 0 Å². The zero-order valence-corrected chi connectivity index (χ0v) is 9.39. The lowest BCUT2D eigenvalue weighted by molar-refractivity contribution is 0.208. The van der Waals surface area contributed by atoms with E-state index in [0.29, 0.717) is 0 Å². The average Bonchev–Trinajstić information content (AvgIpc) is 3.05. The van der Waals surface area contributed by atoms with E-state index in [1.165, 1.54) is 19.4 Å². The molecule has 14 heavy (non-hydrogen) atoms. The Morgan fingerprint density at radius 1 is 1.14 bits per heavy atom. The fourth-order valence-electron chi connectivity index (χ4n) is 3.94. The molecule has 0 aromatic carbocycles. The third-order valence-electron chi connectivity index (χ3n) is 5.02. The van der Waals surface area contributed by atoms with E-state index in [-0.39, 0.29) is 0 Å². The molecule has 1 N–H and O–H groups in total. The summed E-state index contributed by atoms with van der Waals surface area (Å²) < 4.78 is 0. The highest BCUT2D eigenvalue weighted by molar-refractivity contribution is 5.06. The molecule has 3 aliphatic rings. The van der Waals surface area contributed by atoms with Gasteiger partial charge < -0.3 is 5.32 Å². The molecule has 1 heteroatoms. The zero-order chi connectivity index (χ0) is 9.60. The molecule has 3 rings (SSSR count). The van der Waals surface area contributed by atoms with Gasteiger partial charge in [-0.15, -0.1) is 0 Å². The van der Waals surface area contributed by atoms with Gasteiger partial charge in [-0.3, -0.25) is 0 Å². The van der Waals surface area contributed by atoms with E-state index >= 15 is 0 Å². The van der Waals surface area contributed by atoms with Gasteiger partial charge in [0.05, 0.1) is 0 Å². The third-order valence-corrected chi connectivity index (χ3v) is 5.02. The summed E-state index contributed by atoms with van der Waals surface area (Å²) in [5, 5.41) is 3.36. The molecule has 3 unspecified atom stereocenters. The van der Waals surface area contributed by atoms with Crippen molar-refractivity contribution in [1.82, 2.24) is 5.32 Å². The summed E-state index contributed by atoms with van der Waals surface area (Å²) in [6.45, 7) is 1.28. The van der Waals surface area contributed by atoms with E-state index in [1.54, 1.807) is 32.1 Å². The number of hydrogen-bond donors (Lipinski definition) is 1. The van der Waals surface area contributed by atoms with Crippen molar-refractivity contribution in [3.63, 3.8) is 0 Å². The van der Waals surface area contributed by atoms with Crippen LogP contribution in [0.4, 0.5) is 0 Å². The Morgan fingerprint density at radius 3 is 2.71 bits per heavy atom. The van der Waals surface area contributed by atoms with Crippen molar-refractivity contribution in [1.29, 1.82) is 0 Å². The first kappa shape index (κ1) is 9.21. The van der Waals surface area contributed by atoms with Gasteiger partial charge >= 0.3 is 0 Å². The molecule has 0 bridgehead atoms. The van der Waals surface area contributed by atoms with Gasteiger partial charge in [0.1, 0.15) is 0 Å². The van der Waals surface area contributed by atoms with Crippen molar-refractivity contribution in [2.45, 2.75) is 44.9 Å². The van der Waals surface area contributed by atoms with Crippen LogP contribution in [0.1, 0.15) is 44.9 Å². The molecule has 0 aliphatic heterocycles. The first-order valence-electron chi connectivity index (χ1n) is 6.49. The summed E-state index contributed by atoms with van der Waals surface area (Å²) >= 11 is 0. The lowest BCUT2D eigenvalue weighted by atomic mass is 9.75. The quantitative estimate of drug-likeness (QED) is 0.727. The highest BCUT2D eigenvalue weighted by atomic mass is 14.8. The summed E-state index contributed by atoms with van der Waals surface area (Å²) in [5.41, 5.74) is 0.828. The van der Waals surface area contributed by atoms with Crippen LogP contribution in [0, 0.1) is 23.2 Å². The Morgan fingerprint density at radius 2 is 2.00 bits per heavy atom. The molecule has 0 aromatic heterocycles. The molecule has 3 atom stereocenters. The molecule has 0 saturated heterocycles. The lowest BCUT2D eigenvalue weighted by Gasteiger charge is -2.30. The van der Waals surface area contributed by atoms with Crippen molar-refractivity contribution in [3.8, 4) is 0 Å². The predicted molar refractivity (Wildman–Crippen MR) is 59.1 cm³/mol. The van der Waals surface area contributed by atoms with Crippen LogP contribution in [-0.2, 0) is 0 Å². The van der Waals surface area contributed by atoms with Gasteiger partial charge in [-0.25, -0.2) is 0 Å². The molecule has 3 aliphatic carbocycles. The van der Waals surface area contributed by atoms with Gasteiger partial charge in [-0.1, -0.05) is 12.8 Å². The van der Waals surface area contributed by atoms with Crippen molar-refractivity contribution in [2.24, 2.45) is 23.2 Å². The SMILES string of the molecule is CNCC1CC12CCCC(C1CC1)C2. The number of rotatable bonds is 3. The molecule has 80 valence electrons. The van der Waals surface area contributed by atoms with Crippen LogP contribution in [0.15, 0.2) is 0 Å². The van der Waals surface area contributed by atoms with Crippen LogP contribution in [-0.4, -0.2) is 13.6 Å². The van der Waals surface area contributed by atoms with Crippen LogP contribution in [0.2, 0.25) is 0 Å². The van der Waals surface area contributed by atoms with E-state index in [9.17, 15) is 0 Å². The summed E-state index contributed by atoms with van der Waals surface area (Å²) in [7, 11) is 2.10. The van der Waals surface area contributed by atoms with Crippen LogP contribution < -0.4 is 5.32 Å². The maximum absolute atomic E-state index is 3.36. The first-order chi connectivity index (χ1) is 6.84. The maximum atomic E-state index is 3.36. The Kier molecular flexibility index (Phi) is 2.12. The second-order valence-corrected chi connectivity index (χ2v) is 6.01. The predicted octanol–water partition coefficient (Wildman–Crippen LogP) is 2.81. The summed E-state index contributed by atoms with van der Waals surface area (Å²) in [6, 6.07) is 0. The second-order valence-electron chi connectivity index (χ2n) is 6.01. The smallest absolute Gasteiger partial charge is 0.00180 e. The van der Waals surface area contributed by atoms with Crippen molar-refractivity contribution < 1.29 is 0 Å². The minimum absolute atomic E-state index is 0.828. The fourth-order valence-corrected chi connectivity index (χ4v) is 3.94. The Balaban J connectivity index is 1.59. The molecule has 0 aromatic rings. The maximum Gasteiger partial charge on any atom is -0.00180 e. The normalized spacial score (nSPS) is 46.9. The van der Waals surface area contributed by atoms with Gasteiger partial charge in [0.15, 0.2) is 0 Å². The summed E-state index contributed by atoms with van der Waals surface area (Å²) in [5.74, 6) is 3.32. The Bertz CT molecular complexity index is 221. The lowest BCUT2D eigenvalue weighted by Crippen LogP contribution is -2.22. The highest BCUT2D eigenvalue weighted by Crippen LogP contribution is 2.64. The van der Waals surface area contributed by atoms with Crippen molar-refractivity contribution in [2.75, 3.05) is 13.6 Å². The molecule has 0 heterocycles. The third kappa shape index (κ3) is 1.50. The molecule has 3 fully saturated rings. The minimum atomic E-state index is 0.828. The Labute approximate surface area is 87.7 Å². The highest BCUT2D eigenvalue weighted by Gasteiger charge is 2.56. The molecular weight excluding hydrogens is 170 g/mol. The fraction of sp³-hybridized carbons (Fsp3) is 1.00. The van der Waals surface area contributed by atoms with Crippen LogP contribution >= 0.6 is 0 Å². The first-order valence-corrected chi connectivity index (χ1v) is 6.49. The number of nitrogens with one attached hydrogen (secondary N) is 1. The molecule has 0 amide bonds. The van der Waals surface area contributed by atoms with Crippen molar-refractivity contribution >= 4 is 0 Å². The Hall–Kier alpha value is -0.0400.